The molecule has 0 atom stereocenters. The lowest BCUT2D eigenvalue weighted by atomic mass is 10.1. The number of imidazole rings is 1. The third-order valence-electron chi connectivity index (χ3n) is 6.92. The Morgan fingerprint density at radius 3 is 2.49 bits per heavy atom. The van der Waals surface area contributed by atoms with Crippen LogP contribution < -0.4 is 0 Å². The lowest BCUT2D eigenvalue weighted by Crippen LogP contribution is -2.48. The van der Waals surface area contributed by atoms with Crippen molar-refractivity contribution >= 4 is 23.2 Å². The quantitative estimate of drug-likeness (QED) is 0.423. The van der Waals surface area contributed by atoms with Gasteiger partial charge in [0, 0.05) is 67.3 Å². The lowest BCUT2D eigenvalue weighted by molar-refractivity contribution is 0.0620. The number of amides is 1. The third-order valence-corrected chi connectivity index (χ3v) is 7.17. The molecule has 3 aromatic heterocycles. The first kappa shape index (κ1) is 22.1. The van der Waals surface area contributed by atoms with Crippen molar-refractivity contribution in [3.63, 3.8) is 0 Å². The van der Waals surface area contributed by atoms with Gasteiger partial charge in [0.1, 0.15) is 5.69 Å². The van der Waals surface area contributed by atoms with Crippen molar-refractivity contribution in [1.82, 2.24) is 34.1 Å². The second-order valence-electron chi connectivity index (χ2n) is 9.27. The summed E-state index contributed by atoms with van der Waals surface area (Å²) in [7, 11) is 0. The van der Waals surface area contributed by atoms with Crippen molar-refractivity contribution in [3.05, 3.63) is 76.9 Å². The number of aryl methyl sites for hydroxylation is 1. The van der Waals surface area contributed by atoms with Crippen LogP contribution in [0.2, 0.25) is 5.02 Å². The maximum absolute atomic E-state index is 12.8. The van der Waals surface area contributed by atoms with Crippen LogP contribution >= 0.6 is 11.6 Å². The minimum absolute atomic E-state index is 0.0644. The molecule has 0 radical (unpaired) electrons. The van der Waals surface area contributed by atoms with Crippen molar-refractivity contribution in [2.24, 2.45) is 0 Å². The van der Waals surface area contributed by atoms with Gasteiger partial charge in [-0.15, -0.1) is 0 Å². The van der Waals surface area contributed by atoms with Gasteiger partial charge in [-0.2, -0.15) is 0 Å². The molecular weight excluding hydrogens is 462 g/mol. The van der Waals surface area contributed by atoms with Crippen molar-refractivity contribution in [2.75, 3.05) is 26.2 Å². The van der Waals surface area contributed by atoms with Crippen LogP contribution in [0.3, 0.4) is 0 Å². The topological polar surface area (TPSA) is 79.5 Å². The third kappa shape index (κ3) is 4.28. The Morgan fingerprint density at radius 1 is 1.03 bits per heavy atom. The molecule has 0 unspecified atom stereocenters. The zero-order valence-electron chi connectivity index (χ0n) is 19.6. The molecule has 6 rings (SSSR count). The minimum Gasteiger partial charge on any atom is -0.335 e. The van der Waals surface area contributed by atoms with Gasteiger partial charge in [-0.25, -0.2) is 9.97 Å². The Kier molecular flexibility index (Phi) is 5.70. The van der Waals surface area contributed by atoms with Crippen LogP contribution in [0.4, 0.5) is 0 Å². The Morgan fingerprint density at radius 2 is 1.80 bits per heavy atom. The van der Waals surface area contributed by atoms with E-state index in [0.717, 1.165) is 42.2 Å². The van der Waals surface area contributed by atoms with Gasteiger partial charge in [-0.3, -0.25) is 24.1 Å². The molecular formula is C26H26ClN7O. The van der Waals surface area contributed by atoms with Gasteiger partial charge in [-0.1, -0.05) is 23.7 Å². The smallest absolute Gasteiger partial charge is 0.274 e. The van der Waals surface area contributed by atoms with Crippen molar-refractivity contribution in [1.29, 1.82) is 0 Å². The molecule has 1 saturated heterocycles. The van der Waals surface area contributed by atoms with Gasteiger partial charge in [0.25, 0.3) is 5.91 Å². The highest BCUT2D eigenvalue weighted by Gasteiger charge is 2.30. The van der Waals surface area contributed by atoms with E-state index < -0.39 is 0 Å². The SMILES string of the molecule is Cc1c(C2CC2)ncc2nc(-c3ccc(Cl)cc3)c(CN3CCN(C(=O)c4cnccn4)CC3)n12. The average Bonchev–Trinajstić information content (AvgIpc) is 3.67. The van der Waals surface area contributed by atoms with Crippen LogP contribution in [0.1, 0.15) is 46.3 Å². The number of carbonyl (C=O) groups is 1. The number of aromatic nitrogens is 5. The van der Waals surface area contributed by atoms with Crippen LogP contribution in [0.5, 0.6) is 0 Å². The second-order valence-corrected chi connectivity index (χ2v) is 9.71. The predicted molar refractivity (Wildman–Crippen MR) is 133 cm³/mol. The first-order valence-electron chi connectivity index (χ1n) is 12.0. The first-order chi connectivity index (χ1) is 17.1. The van der Waals surface area contributed by atoms with E-state index in [0.29, 0.717) is 29.7 Å². The highest BCUT2D eigenvalue weighted by molar-refractivity contribution is 6.30. The fourth-order valence-corrected chi connectivity index (χ4v) is 5.03. The van der Waals surface area contributed by atoms with E-state index in [9.17, 15) is 4.79 Å². The Balaban J connectivity index is 1.30. The number of halogens is 1. The van der Waals surface area contributed by atoms with Gasteiger partial charge in [0.05, 0.1) is 29.5 Å². The fourth-order valence-electron chi connectivity index (χ4n) is 4.90. The minimum atomic E-state index is -0.0644. The van der Waals surface area contributed by atoms with E-state index in [2.05, 4.69) is 26.2 Å². The lowest BCUT2D eigenvalue weighted by Gasteiger charge is -2.34. The van der Waals surface area contributed by atoms with Gasteiger partial charge in [0.15, 0.2) is 5.65 Å². The van der Waals surface area contributed by atoms with E-state index in [1.165, 1.54) is 30.4 Å². The fraction of sp³-hybridized carbons (Fsp3) is 0.346. The molecule has 4 aromatic rings. The maximum Gasteiger partial charge on any atom is 0.274 e. The maximum atomic E-state index is 12.8. The van der Waals surface area contributed by atoms with E-state index in [-0.39, 0.29) is 5.91 Å². The molecule has 1 amide bonds. The van der Waals surface area contributed by atoms with Crippen LogP contribution in [0.25, 0.3) is 16.9 Å². The van der Waals surface area contributed by atoms with E-state index in [4.69, 9.17) is 21.6 Å². The number of rotatable bonds is 5. The second kappa shape index (κ2) is 9.02. The Hall–Kier alpha value is -3.36. The number of benzene rings is 1. The number of fused-ring (bicyclic) bond motifs is 1. The van der Waals surface area contributed by atoms with E-state index in [1.54, 1.807) is 12.4 Å². The average molecular weight is 488 g/mol. The molecule has 8 nitrogen and oxygen atoms in total. The largest absolute Gasteiger partial charge is 0.335 e. The van der Waals surface area contributed by atoms with Crippen LogP contribution in [-0.4, -0.2) is 66.2 Å². The molecule has 1 aromatic carbocycles. The molecule has 0 spiro atoms. The molecule has 1 aliphatic carbocycles. The summed E-state index contributed by atoms with van der Waals surface area (Å²) in [5.74, 6) is 0.495. The highest BCUT2D eigenvalue weighted by Crippen LogP contribution is 2.41. The molecule has 0 bridgehead atoms. The van der Waals surface area contributed by atoms with Crippen LogP contribution in [-0.2, 0) is 6.54 Å². The van der Waals surface area contributed by atoms with Crippen molar-refractivity contribution in [3.8, 4) is 11.3 Å². The number of hydrogen-bond acceptors (Lipinski definition) is 6. The molecule has 2 aliphatic rings. The van der Waals surface area contributed by atoms with Gasteiger partial charge in [0.2, 0.25) is 0 Å². The summed E-state index contributed by atoms with van der Waals surface area (Å²) in [5.41, 5.74) is 6.75. The summed E-state index contributed by atoms with van der Waals surface area (Å²) in [5, 5.41) is 0.705. The monoisotopic (exact) mass is 487 g/mol. The Bertz CT molecular complexity index is 1370. The molecule has 2 fully saturated rings. The van der Waals surface area contributed by atoms with Crippen LogP contribution in [0.15, 0.2) is 49.1 Å². The number of piperazine rings is 1. The molecule has 1 saturated carbocycles. The van der Waals surface area contributed by atoms with Crippen LogP contribution in [0, 0.1) is 6.92 Å². The molecule has 9 heteroatoms. The zero-order chi connectivity index (χ0) is 23.9. The Labute approximate surface area is 208 Å². The summed E-state index contributed by atoms with van der Waals surface area (Å²) >= 11 is 6.16. The number of hydrogen-bond donors (Lipinski definition) is 0. The molecule has 35 heavy (non-hydrogen) atoms. The molecule has 4 heterocycles. The van der Waals surface area contributed by atoms with Crippen molar-refractivity contribution < 1.29 is 4.79 Å². The van der Waals surface area contributed by atoms with Gasteiger partial charge < -0.3 is 4.90 Å². The standard InChI is InChI=1S/C26H26ClN7O/c1-17-24(18-2-3-18)30-15-23-31-25(19-4-6-20(27)7-5-19)22(34(17)23)16-32-10-12-33(13-11-32)26(35)21-14-28-8-9-29-21/h4-9,14-15,18H,2-3,10-13,16H2,1H3. The molecule has 0 N–H and O–H groups in total. The normalized spacial score (nSPS) is 16.7. The van der Waals surface area contributed by atoms with E-state index in [1.807, 2.05) is 35.4 Å². The van der Waals surface area contributed by atoms with Gasteiger partial charge >= 0.3 is 0 Å². The summed E-state index contributed by atoms with van der Waals surface area (Å²) in [6.45, 7) is 5.74. The first-order valence-corrected chi connectivity index (χ1v) is 12.4. The summed E-state index contributed by atoms with van der Waals surface area (Å²) in [6, 6.07) is 7.86. The summed E-state index contributed by atoms with van der Waals surface area (Å²) in [4.78, 5) is 35.0. The molecule has 178 valence electrons. The predicted octanol–water partition coefficient (Wildman–Crippen LogP) is 3.98. The number of carbonyl (C=O) groups excluding carboxylic acids is 1. The zero-order valence-corrected chi connectivity index (χ0v) is 20.3. The highest BCUT2D eigenvalue weighted by atomic mass is 35.5. The molecule has 1 aliphatic heterocycles. The summed E-state index contributed by atoms with van der Waals surface area (Å²) < 4.78 is 2.28. The number of nitrogens with zero attached hydrogens (tertiary/aromatic N) is 7. The summed E-state index contributed by atoms with van der Waals surface area (Å²) in [6.07, 6.45) is 8.97. The van der Waals surface area contributed by atoms with E-state index >= 15 is 0 Å². The van der Waals surface area contributed by atoms with Crippen molar-refractivity contribution in [2.45, 2.75) is 32.2 Å². The van der Waals surface area contributed by atoms with Gasteiger partial charge in [-0.05, 0) is 31.9 Å².